The first-order chi connectivity index (χ1) is 17.4. The van der Waals surface area contributed by atoms with Gasteiger partial charge in [-0.3, -0.25) is 14.4 Å². The number of aromatic amines is 1. The Labute approximate surface area is 207 Å². The van der Waals surface area contributed by atoms with Gasteiger partial charge in [-0.1, -0.05) is 42.5 Å². The number of likely N-dealkylation sites (tertiary alicyclic amines) is 1. The van der Waals surface area contributed by atoms with E-state index >= 15 is 0 Å². The summed E-state index contributed by atoms with van der Waals surface area (Å²) in [6.45, 7) is 1.99. The van der Waals surface area contributed by atoms with Gasteiger partial charge in [0.1, 0.15) is 11.6 Å². The van der Waals surface area contributed by atoms with Crippen molar-refractivity contribution < 1.29 is 19.1 Å². The number of carbonyl (C=O) groups excluding carboxylic acids is 2. The van der Waals surface area contributed by atoms with Crippen LogP contribution in [0, 0.1) is 5.82 Å². The van der Waals surface area contributed by atoms with E-state index in [9.17, 15) is 23.9 Å². The predicted molar refractivity (Wildman–Crippen MR) is 131 cm³/mol. The Morgan fingerprint density at radius 1 is 1.14 bits per heavy atom. The molecule has 1 unspecified atom stereocenters. The Hall–Kier alpha value is -4.05. The van der Waals surface area contributed by atoms with Crippen LogP contribution in [-0.4, -0.2) is 51.4 Å². The van der Waals surface area contributed by atoms with Crippen LogP contribution >= 0.6 is 0 Å². The number of nitrogens with zero attached hydrogens (tertiary/aromatic N) is 2. The number of amides is 2. The molecule has 2 amide bonds. The number of benzene rings is 2. The highest BCUT2D eigenvalue weighted by atomic mass is 19.1. The molecule has 1 fully saturated rings. The van der Waals surface area contributed by atoms with Crippen molar-refractivity contribution in [2.45, 2.75) is 31.8 Å². The van der Waals surface area contributed by atoms with Gasteiger partial charge in [0, 0.05) is 26.1 Å². The SMILES string of the molecule is O=C(NCc1ccc(F)cc1)c1nc(C(NCCCN2CCCC2=O)c2ccccc2)[nH]c(=O)c1O. The highest BCUT2D eigenvalue weighted by molar-refractivity contribution is 5.94. The fourth-order valence-electron chi connectivity index (χ4n) is 4.12. The Bertz CT molecular complexity index is 1260. The normalized spacial score (nSPS) is 14.1. The average molecular weight is 494 g/mol. The van der Waals surface area contributed by atoms with Crippen LogP contribution in [0.15, 0.2) is 59.4 Å². The quantitative estimate of drug-likeness (QED) is 0.321. The summed E-state index contributed by atoms with van der Waals surface area (Å²) in [5.41, 5.74) is 0.217. The summed E-state index contributed by atoms with van der Waals surface area (Å²) < 4.78 is 13.1. The minimum Gasteiger partial charge on any atom is -0.501 e. The van der Waals surface area contributed by atoms with Crippen molar-refractivity contribution >= 4 is 11.8 Å². The Kier molecular flexibility index (Phi) is 8.06. The number of carbonyl (C=O) groups is 2. The predicted octanol–water partition coefficient (Wildman–Crippen LogP) is 2.24. The summed E-state index contributed by atoms with van der Waals surface area (Å²) in [5, 5.41) is 16.2. The number of rotatable bonds is 10. The first-order valence-electron chi connectivity index (χ1n) is 11.8. The summed E-state index contributed by atoms with van der Waals surface area (Å²) in [6.07, 6.45) is 2.16. The van der Waals surface area contributed by atoms with Crippen molar-refractivity contribution in [2.24, 2.45) is 0 Å². The molecule has 4 rings (SSSR count). The zero-order valence-corrected chi connectivity index (χ0v) is 19.7. The van der Waals surface area contributed by atoms with E-state index in [1.165, 1.54) is 24.3 Å². The Morgan fingerprint density at radius 2 is 1.89 bits per heavy atom. The maximum absolute atomic E-state index is 13.1. The smallest absolute Gasteiger partial charge is 0.293 e. The van der Waals surface area contributed by atoms with Crippen molar-refractivity contribution in [3.63, 3.8) is 0 Å². The minimum atomic E-state index is -0.836. The number of aromatic hydroxyl groups is 1. The number of hydrogen-bond donors (Lipinski definition) is 4. The second kappa shape index (κ2) is 11.6. The van der Waals surface area contributed by atoms with Crippen molar-refractivity contribution in [1.29, 1.82) is 0 Å². The zero-order valence-electron chi connectivity index (χ0n) is 19.7. The molecule has 2 heterocycles. The molecule has 0 bridgehead atoms. The summed E-state index contributed by atoms with van der Waals surface area (Å²) >= 11 is 0. The third-order valence-electron chi connectivity index (χ3n) is 6.03. The lowest BCUT2D eigenvalue weighted by molar-refractivity contribution is -0.127. The summed E-state index contributed by atoms with van der Waals surface area (Å²) in [7, 11) is 0. The average Bonchev–Trinajstić information content (AvgIpc) is 3.30. The molecule has 1 saturated heterocycles. The molecule has 188 valence electrons. The maximum Gasteiger partial charge on any atom is 0.293 e. The summed E-state index contributed by atoms with van der Waals surface area (Å²) in [6, 6.07) is 14.3. The van der Waals surface area contributed by atoms with E-state index in [4.69, 9.17) is 0 Å². The minimum absolute atomic E-state index is 0.0674. The highest BCUT2D eigenvalue weighted by Crippen LogP contribution is 2.20. The van der Waals surface area contributed by atoms with Gasteiger partial charge in [0.05, 0.1) is 6.04 Å². The van der Waals surface area contributed by atoms with Crippen LogP contribution in [0.3, 0.4) is 0 Å². The topological polar surface area (TPSA) is 127 Å². The molecule has 36 heavy (non-hydrogen) atoms. The molecule has 1 aromatic heterocycles. The second-order valence-electron chi connectivity index (χ2n) is 8.59. The van der Waals surface area contributed by atoms with Gasteiger partial charge >= 0.3 is 0 Å². The van der Waals surface area contributed by atoms with Crippen LogP contribution in [0.1, 0.15) is 52.7 Å². The first kappa shape index (κ1) is 25.1. The highest BCUT2D eigenvalue weighted by Gasteiger charge is 2.24. The van der Waals surface area contributed by atoms with E-state index < -0.39 is 34.8 Å². The van der Waals surface area contributed by atoms with Gasteiger partial charge < -0.3 is 25.6 Å². The molecule has 0 aliphatic carbocycles. The standard InChI is InChI=1S/C26H28FN5O4/c27-19-11-9-17(10-12-19)16-29-25(35)22-23(34)26(36)31-24(30-22)21(18-6-2-1-3-7-18)28-13-5-15-32-14-4-8-20(32)33/h1-3,6-7,9-12,21,28,34H,4-5,8,13-16H2,(H,29,35)(H,30,31,36). The zero-order chi connectivity index (χ0) is 25.5. The summed E-state index contributed by atoms with van der Waals surface area (Å²) in [4.78, 5) is 45.9. The molecular weight excluding hydrogens is 465 g/mol. The van der Waals surface area contributed by atoms with Gasteiger partial charge in [-0.15, -0.1) is 0 Å². The largest absolute Gasteiger partial charge is 0.501 e. The van der Waals surface area contributed by atoms with Crippen LogP contribution in [-0.2, 0) is 11.3 Å². The van der Waals surface area contributed by atoms with E-state index in [1.807, 2.05) is 35.2 Å². The van der Waals surface area contributed by atoms with Gasteiger partial charge in [-0.25, -0.2) is 9.37 Å². The molecule has 0 radical (unpaired) electrons. The van der Waals surface area contributed by atoms with E-state index in [1.54, 1.807) is 0 Å². The van der Waals surface area contributed by atoms with Gasteiger partial charge in [0.2, 0.25) is 11.7 Å². The van der Waals surface area contributed by atoms with Crippen LogP contribution in [0.2, 0.25) is 0 Å². The number of aromatic nitrogens is 2. The molecule has 0 saturated carbocycles. The van der Waals surface area contributed by atoms with Crippen LogP contribution in [0.25, 0.3) is 0 Å². The summed E-state index contributed by atoms with van der Waals surface area (Å²) in [5.74, 6) is -1.57. The fraction of sp³-hybridized carbons (Fsp3) is 0.308. The molecule has 10 heteroatoms. The first-order valence-corrected chi connectivity index (χ1v) is 11.8. The molecule has 0 spiro atoms. The van der Waals surface area contributed by atoms with Crippen molar-refractivity contribution in [2.75, 3.05) is 19.6 Å². The third-order valence-corrected chi connectivity index (χ3v) is 6.03. The Balaban J connectivity index is 1.51. The fourth-order valence-corrected chi connectivity index (χ4v) is 4.12. The van der Waals surface area contributed by atoms with E-state index in [0.717, 1.165) is 18.5 Å². The van der Waals surface area contributed by atoms with E-state index in [2.05, 4.69) is 20.6 Å². The number of H-pyrrole nitrogens is 1. The molecule has 1 aliphatic rings. The van der Waals surface area contributed by atoms with Gasteiger partial charge in [-0.2, -0.15) is 0 Å². The molecule has 9 nitrogen and oxygen atoms in total. The lowest BCUT2D eigenvalue weighted by Crippen LogP contribution is -2.33. The molecular formula is C26H28FN5O4. The van der Waals surface area contributed by atoms with E-state index in [0.29, 0.717) is 31.5 Å². The molecule has 4 N–H and O–H groups in total. The monoisotopic (exact) mass is 493 g/mol. The lowest BCUT2D eigenvalue weighted by atomic mass is 10.1. The van der Waals surface area contributed by atoms with Crippen LogP contribution in [0.5, 0.6) is 5.75 Å². The molecule has 1 atom stereocenters. The van der Waals surface area contributed by atoms with Gasteiger partial charge in [0.15, 0.2) is 5.69 Å². The second-order valence-corrected chi connectivity index (χ2v) is 8.59. The molecule has 3 aromatic rings. The van der Waals surface area contributed by atoms with Crippen LogP contribution in [0.4, 0.5) is 4.39 Å². The molecule has 2 aromatic carbocycles. The molecule has 1 aliphatic heterocycles. The van der Waals surface area contributed by atoms with Gasteiger partial charge in [-0.05, 0) is 42.6 Å². The number of halogens is 1. The lowest BCUT2D eigenvalue weighted by Gasteiger charge is -2.21. The van der Waals surface area contributed by atoms with Crippen molar-refractivity contribution in [3.8, 4) is 5.75 Å². The van der Waals surface area contributed by atoms with Crippen LogP contribution < -0.4 is 16.2 Å². The number of nitrogens with one attached hydrogen (secondary N) is 3. The maximum atomic E-state index is 13.1. The van der Waals surface area contributed by atoms with Gasteiger partial charge in [0.25, 0.3) is 11.5 Å². The Morgan fingerprint density at radius 3 is 2.58 bits per heavy atom. The third kappa shape index (κ3) is 6.14. The number of hydrogen-bond acceptors (Lipinski definition) is 6. The van der Waals surface area contributed by atoms with Crippen molar-refractivity contribution in [1.82, 2.24) is 25.5 Å². The van der Waals surface area contributed by atoms with Crippen molar-refractivity contribution in [3.05, 3.63) is 93.4 Å². The van der Waals surface area contributed by atoms with E-state index in [-0.39, 0.29) is 18.3 Å².